The van der Waals surface area contributed by atoms with Gasteiger partial charge in [-0.3, -0.25) is 4.79 Å². The lowest BCUT2D eigenvalue weighted by atomic mass is 10.1. The van der Waals surface area contributed by atoms with Gasteiger partial charge >= 0.3 is 0 Å². The van der Waals surface area contributed by atoms with E-state index in [4.69, 9.17) is 11.6 Å². The van der Waals surface area contributed by atoms with Crippen LogP contribution in [0, 0.1) is 6.92 Å². The fourth-order valence-corrected chi connectivity index (χ4v) is 2.90. The van der Waals surface area contributed by atoms with Crippen LogP contribution in [-0.4, -0.2) is 35.1 Å². The summed E-state index contributed by atoms with van der Waals surface area (Å²) in [7, 11) is 0. The number of hydrogen-bond acceptors (Lipinski definition) is 2. The quantitative estimate of drug-likeness (QED) is 0.905. The molecule has 1 heterocycles. The molecule has 0 aliphatic carbocycles. The molecule has 1 aliphatic rings. The smallest absolute Gasteiger partial charge is 0.255 e. The monoisotopic (exact) mass is 281 g/mol. The Balaban J connectivity index is 2.25. The number of halogens is 1. The van der Waals surface area contributed by atoms with E-state index in [1.54, 1.807) is 17.0 Å². The predicted molar refractivity (Wildman–Crippen MR) is 76.6 cm³/mol. The van der Waals surface area contributed by atoms with Crippen LogP contribution >= 0.6 is 11.6 Å². The van der Waals surface area contributed by atoms with Crippen molar-refractivity contribution in [1.82, 2.24) is 4.90 Å². The molecular formula is C15H20ClNO2. The standard InChI is InChI=1S/C15H20ClNO2/c1-11-6-7-13(14(16)9-11)15(19)17-8-4-2-3-5-12(17)10-18/h6-7,9,12,18H,2-5,8,10H2,1H3. The normalized spacial score (nSPS) is 20.2. The highest BCUT2D eigenvalue weighted by molar-refractivity contribution is 6.33. The van der Waals surface area contributed by atoms with Gasteiger partial charge in [-0.2, -0.15) is 0 Å². The van der Waals surface area contributed by atoms with E-state index in [0.29, 0.717) is 17.1 Å². The van der Waals surface area contributed by atoms with Crippen molar-refractivity contribution in [3.05, 3.63) is 34.3 Å². The van der Waals surface area contributed by atoms with Crippen molar-refractivity contribution in [3.8, 4) is 0 Å². The van der Waals surface area contributed by atoms with Crippen LogP contribution in [0.15, 0.2) is 18.2 Å². The maximum absolute atomic E-state index is 12.6. The molecule has 0 spiro atoms. The molecule has 19 heavy (non-hydrogen) atoms. The van der Waals surface area contributed by atoms with E-state index in [0.717, 1.165) is 31.2 Å². The summed E-state index contributed by atoms with van der Waals surface area (Å²) in [5.74, 6) is -0.0639. The summed E-state index contributed by atoms with van der Waals surface area (Å²) in [5.41, 5.74) is 1.57. The molecule has 0 radical (unpaired) electrons. The fourth-order valence-electron chi connectivity index (χ4n) is 2.58. The number of carbonyl (C=O) groups is 1. The van der Waals surface area contributed by atoms with E-state index in [-0.39, 0.29) is 18.6 Å². The Bertz CT molecular complexity index is 461. The summed E-state index contributed by atoms with van der Waals surface area (Å²) in [5, 5.41) is 9.96. The van der Waals surface area contributed by atoms with Gasteiger partial charge in [0, 0.05) is 6.54 Å². The van der Waals surface area contributed by atoms with E-state index < -0.39 is 0 Å². The zero-order valence-corrected chi connectivity index (χ0v) is 12.0. The molecule has 1 N–H and O–H groups in total. The van der Waals surface area contributed by atoms with Gasteiger partial charge in [0.1, 0.15) is 0 Å². The third-order valence-electron chi connectivity index (χ3n) is 3.70. The number of nitrogens with zero attached hydrogens (tertiary/aromatic N) is 1. The molecule has 1 aromatic rings. The second-order valence-electron chi connectivity index (χ2n) is 5.17. The summed E-state index contributed by atoms with van der Waals surface area (Å²) < 4.78 is 0. The summed E-state index contributed by atoms with van der Waals surface area (Å²) in [6.45, 7) is 2.67. The van der Waals surface area contributed by atoms with Crippen LogP contribution in [0.2, 0.25) is 5.02 Å². The Morgan fingerprint density at radius 1 is 1.42 bits per heavy atom. The lowest BCUT2D eigenvalue weighted by molar-refractivity contribution is 0.0600. The molecule has 1 aliphatic heterocycles. The zero-order chi connectivity index (χ0) is 13.8. The molecule has 0 aromatic heterocycles. The minimum atomic E-state index is -0.0765. The van der Waals surface area contributed by atoms with E-state index in [1.807, 2.05) is 13.0 Å². The van der Waals surface area contributed by atoms with Crippen molar-refractivity contribution in [2.75, 3.05) is 13.2 Å². The van der Waals surface area contributed by atoms with Crippen molar-refractivity contribution < 1.29 is 9.90 Å². The highest BCUT2D eigenvalue weighted by atomic mass is 35.5. The van der Waals surface area contributed by atoms with Crippen LogP contribution in [-0.2, 0) is 0 Å². The van der Waals surface area contributed by atoms with E-state index >= 15 is 0 Å². The average molecular weight is 282 g/mol. The number of aryl methyl sites for hydroxylation is 1. The van der Waals surface area contributed by atoms with Gasteiger partial charge in [-0.05, 0) is 37.5 Å². The average Bonchev–Trinajstić information content (AvgIpc) is 2.63. The van der Waals surface area contributed by atoms with Gasteiger partial charge in [-0.1, -0.05) is 30.5 Å². The van der Waals surface area contributed by atoms with Crippen LogP contribution in [0.3, 0.4) is 0 Å². The van der Waals surface area contributed by atoms with Gasteiger partial charge in [-0.15, -0.1) is 0 Å². The Morgan fingerprint density at radius 2 is 2.21 bits per heavy atom. The lowest BCUT2D eigenvalue weighted by Gasteiger charge is -2.29. The third-order valence-corrected chi connectivity index (χ3v) is 4.02. The summed E-state index contributed by atoms with van der Waals surface area (Å²) >= 11 is 6.17. The highest BCUT2D eigenvalue weighted by Crippen LogP contribution is 2.23. The SMILES string of the molecule is Cc1ccc(C(=O)N2CCCCCC2CO)c(Cl)c1. The largest absolute Gasteiger partial charge is 0.394 e. The number of likely N-dealkylation sites (tertiary alicyclic amines) is 1. The van der Waals surface area contributed by atoms with Gasteiger partial charge in [0.15, 0.2) is 0 Å². The number of amides is 1. The molecule has 1 aromatic carbocycles. The number of benzene rings is 1. The topological polar surface area (TPSA) is 40.5 Å². The van der Waals surface area contributed by atoms with Gasteiger partial charge in [-0.25, -0.2) is 0 Å². The minimum absolute atomic E-state index is 0.0230. The molecule has 2 rings (SSSR count). The summed E-state index contributed by atoms with van der Waals surface area (Å²) in [4.78, 5) is 14.4. The van der Waals surface area contributed by atoms with Crippen molar-refractivity contribution in [3.63, 3.8) is 0 Å². The summed E-state index contributed by atoms with van der Waals surface area (Å²) in [6, 6.07) is 5.40. The predicted octanol–water partition coefficient (Wildman–Crippen LogP) is 3.03. The van der Waals surface area contributed by atoms with Gasteiger partial charge < -0.3 is 10.0 Å². The van der Waals surface area contributed by atoms with Gasteiger partial charge in [0.05, 0.1) is 23.2 Å². The minimum Gasteiger partial charge on any atom is -0.394 e. The van der Waals surface area contributed by atoms with Crippen LogP contribution in [0.5, 0.6) is 0 Å². The molecule has 4 heteroatoms. The van der Waals surface area contributed by atoms with Crippen molar-refractivity contribution >= 4 is 17.5 Å². The van der Waals surface area contributed by atoms with Crippen LogP contribution < -0.4 is 0 Å². The van der Waals surface area contributed by atoms with Crippen LogP contribution in [0.1, 0.15) is 41.6 Å². The fraction of sp³-hybridized carbons (Fsp3) is 0.533. The molecule has 1 unspecified atom stereocenters. The molecule has 0 bridgehead atoms. The second kappa shape index (κ2) is 6.40. The third kappa shape index (κ3) is 3.28. The van der Waals surface area contributed by atoms with Crippen LogP contribution in [0.25, 0.3) is 0 Å². The van der Waals surface area contributed by atoms with Crippen molar-refractivity contribution in [1.29, 1.82) is 0 Å². The Kier molecular flexibility index (Phi) is 4.83. The first kappa shape index (κ1) is 14.4. The maximum Gasteiger partial charge on any atom is 0.255 e. The molecular weight excluding hydrogens is 262 g/mol. The maximum atomic E-state index is 12.6. The second-order valence-corrected chi connectivity index (χ2v) is 5.57. The van der Waals surface area contributed by atoms with E-state index in [1.165, 1.54) is 0 Å². The Hall–Kier alpha value is -1.06. The summed E-state index contributed by atoms with van der Waals surface area (Å²) in [6.07, 6.45) is 4.04. The molecule has 1 fully saturated rings. The van der Waals surface area contributed by atoms with Crippen molar-refractivity contribution in [2.45, 2.75) is 38.6 Å². The molecule has 1 saturated heterocycles. The van der Waals surface area contributed by atoms with Crippen LogP contribution in [0.4, 0.5) is 0 Å². The molecule has 1 atom stereocenters. The Labute approximate surface area is 119 Å². The molecule has 1 amide bonds. The van der Waals surface area contributed by atoms with E-state index in [9.17, 15) is 9.90 Å². The van der Waals surface area contributed by atoms with Gasteiger partial charge in [0.2, 0.25) is 0 Å². The molecule has 0 saturated carbocycles. The number of aliphatic hydroxyl groups is 1. The number of carbonyl (C=O) groups excluding carboxylic acids is 1. The first-order valence-corrected chi connectivity index (χ1v) is 7.19. The number of rotatable bonds is 2. The molecule has 3 nitrogen and oxygen atoms in total. The number of aliphatic hydroxyl groups excluding tert-OH is 1. The first-order chi connectivity index (χ1) is 9.13. The lowest BCUT2D eigenvalue weighted by Crippen LogP contribution is -2.42. The molecule has 104 valence electrons. The van der Waals surface area contributed by atoms with E-state index in [2.05, 4.69) is 0 Å². The highest BCUT2D eigenvalue weighted by Gasteiger charge is 2.26. The number of hydrogen-bond donors (Lipinski definition) is 1. The van der Waals surface area contributed by atoms with Crippen molar-refractivity contribution in [2.24, 2.45) is 0 Å². The first-order valence-electron chi connectivity index (χ1n) is 6.81. The Morgan fingerprint density at radius 3 is 2.89 bits per heavy atom. The van der Waals surface area contributed by atoms with Gasteiger partial charge in [0.25, 0.3) is 5.91 Å². The zero-order valence-electron chi connectivity index (χ0n) is 11.2.